The molecule has 0 fully saturated rings. The minimum absolute atomic E-state index is 0.520. The van der Waals surface area contributed by atoms with E-state index < -0.39 is 11.8 Å². The van der Waals surface area contributed by atoms with Gasteiger partial charge in [0.15, 0.2) is 0 Å². The maximum absolute atomic E-state index is 10.9. The van der Waals surface area contributed by atoms with Crippen molar-refractivity contribution in [3.8, 4) is 11.5 Å². The number of carbonyl (C=O) groups excluding carboxylic acids is 2. The lowest BCUT2D eigenvalue weighted by molar-refractivity contribution is -0.137. The fraction of sp³-hybridized carbons (Fsp3) is 0.182. The molecule has 0 saturated heterocycles. The normalized spacial score (nSPS) is 10.1. The van der Waals surface area contributed by atoms with Gasteiger partial charge in [-0.2, -0.15) is 5.10 Å². The summed E-state index contributed by atoms with van der Waals surface area (Å²) in [4.78, 5) is 21.4. The predicted octanol–water partition coefficient (Wildman–Crippen LogP) is -0.361. The SMILES string of the molecule is COc1cccc(OC)c1/C=N\NC(=O)C(N)=O. The number of methoxy groups -OCH3 is 2. The first kappa shape index (κ1) is 13.5. The van der Waals surface area contributed by atoms with Crippen molar-refractivity contribution in [2.75, 3.05) is 14.2 Å². The number of benzene rings is 1. The zero-order valence-corrected chi connectivity index (χ0v) is 9.97. The van der Waals surface area contributed by atoms with Gasteiger partial charge >= 0.3 is 11.8 Å². The standard InChI is InChI=1S/C11H13N3O4/c1-17-8-4-3-5-9(18-2)7(8)6-13-14-11(16)10(12)15/h3-6H,1-2H3,(H2,12,15)(H,14,16)/b13-6-. The van der Waals surface area contributed by atoms with Crippen molar-refractivity contribution in [3.05, 3.63) is 23.8 Å². The summed E-state index contributed by atoms with van der Waals surface area (Å²) in [7, 11) is 2.99. The van der Waals surface area contributed by atoms with E-state index in [1.54, 1.807) is 18.2 Å². The lowest BCUT2D eigenvalue weighted by Gasteiger charge is -2.08. The average molecular weight is 251 g/mol. The summed E-state index contributed by atoms with van der Waals surface area (Å²) in [5, 5.41) is 3.59. The third-order valence-corrected chi connectivity index (χ3v) is 2.05. The molecule has 0 aliphatic carbocycles. The highest BCUT2D eigenvalue weighted by Crippen LogP contribution is 2.25. The van der Waals surface area contributed by atoms with E-state index >= 15 is 0 Å². The van der Waals surface area contributed by atoms with Gasteiger partial charge in [0.25, 0.3) is 0 Å². The minimum Gasteiger partial charge on any atom is -0.496 e. The van der Waals surface area contributed by atoms with Crippen LogP contribution in [0.15, 0.2) is 23.3 Å². The first-order valence-corrected chi connectivity index (χ1v) is 4.94. The lowest BCUT2D eigenvalue weighted by atomic mass is 10.2. The number of nitrogens with zero attached hydrogens (tertiary/aromatic N) is 1. The molecular formula is C11H13N3O4. The van der Waals surface area contributed by atoms with Crippen LogP contribution in [0.25, 0.3) is 0 Å². The fourth-order valence-corrected chi connectivity index (χ4v) is 1.22. The van der Waals surface area contributed by atoms with Crippen LogP contribution in [0.1, 0.15) is 5.56 Å². The van der Waals surface area contributed by atoms with Crippen molar-refractivity contribution in [1.82, 2.24) is 5.43 Å². The Kier molecular flexibility index (Phi) is 4.67. The molecule has 0 aliphatic heterocycles. The molecule has 2 amide bonds. The van der Waals surface area contributed by atoms with E-state index in [0.29, 0.717) is 17.1 Å². The van der Waals surface area contributed by atoms with Crippen molar-refractivity contribution >= 4 is 18.0 Å². The van der Waals surface area contributed by atoms with Crippen molar-refractivity contribution in [1.29, 1.82) is 0 Å². The topological polar surface area (TPSA) is 103 Å². The van der Waals surface area contributed by atoms with Gasteiger partial charge in [0.1, 0.15) is 11.5 Å². The summed E-state index contributed by atoms with van der Waals surface area (Å²) in [5.74, 6) is -1.07. The molecule has 96 valence electrons. The van der Waals surface area contributed by atoms with Crippen LogP contribution in [0.3, 0.4) is 0 Å². The van der Waals surface area contributed by atoms with E-state index in [4.69, 9.17) is 15.2 Å². The third kappa shape index (κ3) is 3.21. The average Bonchev–Trinajstić information content (AvgIpc) is 2.38. The molecule has 0 unspecified atom stereocenters. The van der Waals surface area contributed by atoms with Crippen LogP contribution in [-0.2, 0) is 9.59 Å². The van der Waals surface area contributed by atoms with E-state index in [1.165, 1.54) is 20.4 Å². The minimum atomic E-state index is -1.11. The van der Waals surface area contributed by atoms with Crippen molar-refractivity contribution in [2.24, 2.45) is 10.8 Å². The molecule has 1 aromatic rings. The summed E-state index contributed by atoms with van der Waals surface area (Å²) in [5.41, 5.74) is 7.27. The molecule has 0 saturated carbocycles. The molecule has 7 heteroatoms. The molecule has 1 rings (SSSR count). The molecule has 0 radical (unpaired) electrons. The number of hydrazone groups is 1. The maximum atomic E-state index is 10.9. The summed E-state index contributed by atoms with van der Waals surface area (Å²) in [6.07, 6.45) is 1.30. The van der Waals surface area contributed by atoms with Crippen molar-refractivity contribution < 1.29 is 19.1 Å². The second-order valence-electron chi connectivity index (χ2n) is 3.14. The second-order valence-corrected chi connectivity index (χ2v) is 3.14. The summed E-state index contributed by atoms with van der Waals surface area (Å²) >= 11 is 0. The Labute approximate surface area is 104 Å². The van der Waals surface area contributed by atoms with Crippen molar-refractivity contribution in [2.45, 2.75) is 0 Å². The van der Waals surface area contributed by atoms with Gasteiger partial charge in [0.2, 0.25) is 0 Å². The lowest BCUT2D eigenvalue weighted by Crippen LogP contribution is -2.32. The number of primary amides is 1. The molecule has 18 heavy (non-hydrogen) atoms. The third-order valence-electron chi connectivity index (χ3n) is 2.05. The Morgan fingerprint density at radius 2 is 1.83 bits per heavy atom. The Hall–Kier alpha value is -2.57. The number of ether oxygens (including phenoxy) is 2. The molecule has 0 bridgehead atoms. The zero-order valence-electron chi connectivity index (χ0n) is 9.97. The van der Waals surface area contributed by atoms with Gasteiger partial charge in [-0.05, 0) is 12.1 Å². The number of rotatable bonds is 4. The summed E-state index contributed by atoms with van der Waals surface area (Å²) in [6.45, 7) is 0. The first-order chi connectivity index (χ1) is 8.60. The van der Waals surface area contributed by atoms with Gasteiger partial charge in [0.05, 0.1) is 26.0 Å². The van der Waals surface area contributed by atoms with Gasteiger partial charge in [-0.1, -0.05) is 6.07 Å². The van der Waals surface area contributed by atoms with Crippen molar-refractivity contribution in [3.63, 3.8) is 0 Å². The van der Waals surface area contributed by atoms with E-state index in [1.807, 2.05) is 5.43 Å². The van der Waals surface area contributed by atoms with Gasteiger partial charge in [-0.3, -0.25) is 9.59 Å². The van der Waals surface area contributed by atoms with Crippen LogP contribution in [0.5, 0.6) is 11.5 Å². The molecule has 1 aromatic carbocycles. The molecule has 0 aliphatic rings. The van der Waals surface area contributed by atoms with Crippen LogP contribution in [0.2, 0.25) is 0 Å². The molecule has 0 heterocycles. The van der Waals surface area contributed by atoms with E-state index in [2.05, 4.69) is 5.10 Å². The molecule has 0 spiro atoms. The summed E-state index contributed by atoms with van der Waals surface area (Å²) in [6, 6.07) is 5.16. The molecule has 3 N–H and O–H groups in total. The number of hydrogen-bond donors (Lipinski definition) is 2. The quantitative estimate of drug-likeness (QED) is 0.433. The van der Waals surface area contributed by atoms with E-state index in [-0.39, 0.29) is 0 Å². The molecule has 0 aromatic heterocycles. The zero-order chi connectivity index (χ0) is 13.5. The van der Waals surface area contributed by atoms with Crippen LogP contribution < -0.4 is 20.6 Å². The number of hydrogen-bond acceptors (Lipinski definition) is 5. The van der Waals surface area contributed by atoms with Gasteiger partial charge in [-0.15, -0.1) is 0 Å². The number of nitrogens with two attached hydrogens (primary N) is 1. The Balaban J connectivity index is 2.92. The highest BCUT2D eigenvalue weighted by molar-refractivity contribution is 6.34. The fourth-order valence-electron chi connectivity index (χ4n) is 1.22. The smallest absolute Gasteiger partial charge is 0.329 e. The van der Waals surface area contributed by atoms with Gasteiger partial charge in [-0.25, -0.2) is 5.43 Å². The maximum Gasteiger partial charge on any atom is 0.329 e. The van der Waals surface area contributed by atoms with Crippen LogP contribution in [0.4, 0.5) is 0 Å². The van der Waals surface area contributed by atoms with Gasteiger partial charge < -0.3 is 15.2 Å². The number of amides is 2. The first-order valence-electron chi connectivity index (χ1n) is 4.94. The molecular weight excluding hydrogens is 238 g/mol. The predicted molar refractivity (Wildman–Crippen MR) is 64.5 cm³/mol. The molecule has 7 nitrogen and oxygen atoms in total. The highest BCUT2D eigenvalue weighted by Gasteiger charge is 2.08. The van der Waals surface area contributed by atoms with Crippen LogP contribution >= 0.6 is 0 Å². The van der Waals surface area contributed by atoms with Crippen LogP contribution in [0, 0.1) is 0 Å². The monoisotopic (exact) mass is 251 g/mol. The van der Waals surface area contributed by atoms with Crippen LogP contribution in [-0.4, -0.2) is 32.2 Å². The Bertz CT molecular complexity index is 463. The van der Waals surface area contributed by atoms with E-state index in [9.17, 15) is 9.59 Å². The van der Waals surface area contributed by atoms with Gasteiger partial charge in [0, 0.05) is 0 Å². The number of nitrogens with one attached hydrogen (secondary N) is 1. The number of carbonyl (C=O) groups is 2. The Morgan fingerprint density at radius 3 is 2.28 bits per heavy atom. The van der Waals surface area contributed by atoms with E-state index in [0.717, 1.165) is 0 Å². The molecule has 0 atom stereocenters. The second kappa shape index (κ2) is 6.24. The summed E-state index contributed by atoms with van der Waals surface area (Å²) < 4.78 is 10.2. The largest absolute Gasteiger partial charge is 0.496 e. The highest BCUT2D eigenvalue weighted by atomic mass is 16.5. The Morgan fingerprint density at radius 1 is 1.28 bits per heavy atom.